The van der Waals surface area contributed by atoms with Crippen LogP contribution >= 0.6 is 0 Å². The van der Waals surface area contributed by atoms with E-state index in [1.54, 1.807) is 12.1 Å². The van der Waals surface area contributed by atoms with Gasteiger partial charge in [0.25, 0.3) is 0 Å². The number of hydrogen-bond acceptors (Lipinski definition) is 6. The SMILES string of the molecule is CCCCc1ccc2c(CCCC)c(S(=O)(=O)[O-])ccc2c1.CCCCc1ccc2c(CCCC)c(S(=O)(=O)[O-])ccc2c1.[Ca+2]. The van der Waals surface area contributed by atoms with Gasteiger partial charge in [0.15, 0.2) is 0 Å². The van der Waals surface area contributed by atoms with Crippen molar-refractivity contribution in [3.63, 3.8) is 0 Å². The van der Waals surface area contributed by atoms with Crippen LogP contribution in [0.5, 0.6) is 0 Å². The molecular weight excluding hydrogens is 633 g/mol. The van der Waals surface area contributed by atoms with Gasteiger partial charge in [0, 0.05) is 0 Å². The molecule has 240 valence electrons. The van der Waals surface area contributed by atoms with Crippen LogP contribution in [0.1, 0.15) is 101 Å². The van der Waals surface area contributed by atoms with Gasteiger partial charge >= 0.3 is 37.7 Å². The van der Waals surface area contributed by atoms with E-state index in [1.165, 1.54) is 23.3 Å². The molecule has 0 heterocycles. The van der Waals surface area contributed by atoms with E-state index in [2.05, 4.69) is 52.0 Å². The first-order chi connectivity index (χ1) is 20.9. The Kier molecular flexibility index (Phi) is 16.5. The molecule has 0 unspecified atom stereocenters. The molecule has 0 bridgehead atoms. The molecule has 6 nitrogen and oxygen atoms in total. The van der Waals surface area contributed by atoms with Gasteiger partial charge in [-0.3, -0.25) is 0 Å². The minimum Gasteiger partial charge on any atom is -0.744 e. The number of hydrogen-bond donors (Lipinski definition) is 0. The summed E-state index contributed by atoms with van der Waals surface area (Å²) in [5.41, 5.74) is 3.87. The van der Waals surface area contributed by atoms with Crippen molar-refractivity contribution in [1.29, 1.82) is 0 Å². The maximum atomic E-state index is 11.5. The standard InChI is InChI=1S/2C18H24O3S.Ca/c2*1-3-5-7-14-9-11-16-15(13-14)10-12-18(22(19,20)21)17(16)8-6-4-2;/h2*9-13H,3-8H2,1-2H3,(H,19,20,21);/q;;+2/p-2. The van der Waals surface area contributed by atoms with Crippen LogP contribution in [0.25, 0.3) is 21.5 Å². The van der Waals surface area contributed by atoms with Crippen LogP contribution in [0.2, 0.25) is 0 Å². The fraction of sp³-hybridized carbons (Fsp3) is 0.444. The van der Waals surface area contributed by atoms with Gasteiger partial charge in [-0.15, -0.1) is 0 Å². The molecule has 0 aliphatic heterocycles. The van der Waals surface area contributed by atoms with Gasteiger partial charge in [0.05, 0.1) is 9.79 Å². The second kappa shape index (κ2) is 18.7. The summed E-state index contributed by atoms with van der Waals surface area (Å²) in [5.74, 6) is 0. The molecule has 0 fully saturated rings. The van der Waals surface area contributed by atoms with Crippen LogP contribution in [0.15, 0.2) is 70.5 Å². The van der Waals surface area contributed by atoms with E-state index in [1.807, 2.05) is 12.1 Å². The van der Waals surface area contributed by atoms with Crippen LogP contribution in [-0.2, 0) is 45.9 Å². The van der Waals surface area contributed by atoms with Gasteiger partial charge in [-0.25, -0.2) is 16.8 Å². The Hall–Kier alpha value is -1.52. The molecule has 4 aromatic rings. The summed E-state index contributed by atoms with van der Waals surface area (Å²) in [6, 6.07) is 18.7. The molecule has 0 aliphatic rings. The molecule has 0 radical (unpaired) electrons. The molecule has 0 amide bonds. The molecule has 9 heteroatoms. The molecule has 0 saturated carbocycles. The Labute approximate surface area is 300 Å². The number of rotatable bonds is 14. The Bertz CT molecular complexity index is 1630. The summed E-state index contributed by atoms with van der Waals surface area (Å²) in [7, 11) is -8.86. The Balaban J connectivity index is 0.000000307. The summed E-state index contributed by atoms with van der Waals surface area (Å²) >= 11 is 0. The summed E-state index contributed by atoms with van der Waals surface area (Å²) in [6.07, 6.45) is 11.5. The molecule has 0 aromatic heterocycles. The van der Waals surface area contributed by atoms with E-state index < -0.39 is 20.2 Å². The minimum atomic E-state index is -4.43. The number of fused-ring (bicyclic) bond motifs is 2. The van der Waals surface area contributed by atoms with Gasteiger partial charge in [-0.1, -0.05) is 102 Å². The molecule has 0 atom stereocenters. The van der Waals surface area contributed by atoms with Gasteiger partial charge in [0.2, 0.25) is 0 Å². The molecule has 4 rings (SSSR count). The second-order valence-corrected chi connectivity index (χ2v) is 14.2. The normalized spacial score (nSPS) is 11.7. The van der Waals surface area contributed by atoms with E-state index in [-0.39, 0.29) is 47.5 Å². The molecule has 4 aromatic carbocycles. The van der Waals surface area contributed by atoms with Crippen molar-refractivity contribution in [1.82, 2.24) is 0 Å². The van der Waals surface area contributed by atoms with Crippen LogP contribution in [0, 0.1) is 0 Å². The first-order valence-corrected chi connectivity index (χ1v) is 18.8. The van der Waals surface area contributed by atoms with Crippen molar-refractivity contribution >= 4 is 79.5 Å². The van der Waals surface area contributed by atoms with Gasteiger partial charge in [0.1, 0.15) is 20.2 Å². The first kappa shape index (κ1) is 39.7. The minimum absolute atomic E-state index is 0. The Morgan fingerprint density at radius 2 is 0.822 bits per heavy atom. The third-order valence-corrected chi connectivity index (χ3v) is 9.89. The zero-order chi connectivity index (χ0) is 32.3. The second-order valence-electron chi connectivity index (χ2n) is 11.5. The van der Waals surface area contributed by atoms with Crippen LogP contribution < -0.4 is 0 Å². The average molecular weight is 679 g/mol. The zero-order valence-corrected chi connectivity index (χ0v) is 31.1. The maximum Gasteiger partial charge on any atom is 2.00 e. The number of benzene rings is 4. The smallest absolute Gasteiger partial charge is 0.744 e. The maximum absolute atomic E-state index is 11.5. The number of aryl methyl sites for hydroxylation is 4. The average Bonchev–Trinajstić information content (AvgIpc) is 2.99. The van der Waals surface area contributed by atoms with E-state index >= 15 is 0 Å². The third kappa shape index (κ3) is 11.3. The fourth-order valence-corrected chi connectivity index (χ4v) is 7.11. The van der Waals surface area contributed by atoms with Crippen LogP contribution in [0.4, 0.5) is 0 Å². The molecule has 0 aliphatic carbocycles. The monoisotopic (exact) mass is 678 g/mol. The van der Waals surface area contributed by atoms with E-state index in [0.29, 0.717) is 24.0 Å². The molecule has 0 spiro atoms. The van der Waals surface area contributed by atoms with Crippen molar-refractivity contribution in [3.8, 4) is 0 Å². The fourth-order valence-electron chi connectivity index (χ4n) is 5.61. The third-order valence-electron chi connectivity index (χ3n) is 8.04. The summed E-state index contributed by atoms with van der Waals surface area (Å²) in [4.78, 5) is -0.121. The van der Waals surface area contributed by atoms with Crippen LogP contribution in [-0.4, -0.2) is 63.7 Å². The Morgan fingerprint density at radius 1 is 0.489 bits per heavy atom. The molecular formula is C36H46CaO6S2. The van der Waals surface area contributed by atoms with Gasteiger partial charge in [-0.2, -0.15) is 0 Å². The predicted molar refractivity (Wildman–Crippen MR) is 184 cm³/mol. The van der Waals surface area contributed by atoms with Crippen molar-refractivity contribution in [2.75, 3.05) is 0 Å². The summed E-state index contributed by atoms with van der Waals surface area (Å²) in [5, 5.41) is 3.83. The first-order valence-electron chi connectivity index (χ1n) is 15.9. The molecule has 0 N–H and O–H groups in total. The quantitative estimate of drug-likeness (QED) is 0.0976. The van der Waals surface area contributed by atoms with Crippen molar-refractivity contribution in [2.45, 2.75) is 115 Å². The van der Waals surface area contributed by atoms with Crippen LogP contribution in [0.3, 0.4) is 0 Å². The van der Waals surface area contributed by atoms with Crippen molar-refractivity contribution < 1.29 is 25.9 Å². The van der Waals surface area contributed by atoms with E-state index in [9.17, 15) is 25.9 Å². The largest absolute Gasteiger partial charge is 2.00 e. The van der Waals surface area contributed by atoms with Crippen molar-refractivity contribution in [2.24, 2.45) is 0 Å². The Morgan fingerprint density at radius 3 is 1.13 bits per heavy atom. The van der Waals surface area contributed by atoms with Crippen molar-refractivity contribution in [3.05, 3.63) is 82.9 Å². The van der Waals surface area contributed by atoms with E-state index in [0.717, 1.165) is 85.8 Å². The molecule has 45 heavy (non-hydrogen) atoms. The topological polar surface area (TPSA) is 114 Å². The zero-order valence-electron chi connectivity index (χ0n) is 27.2. The predicted octanol–water partition coefficient (Wildman–Crippen LogP) is 8.48. The summed E-state index contributed by atoms with van der Waals surface area (Å²) < 4.78 is 69.1. The molecule has 0 saturated heterocycles. The summed E-state index contributed by atoms with van der Waals surface area (Å²) in [6.45, 7) is 8.43. The van der Waals surface area contributed by atoms with E-state index in [4.69, 9.17) is 0 Å². The van der Waals surface area contributed by atoms with Gasteiger partial charge < -0.3 is 9.11 Å². The number of unbranched alkanes of at least 4 members (excludes halogenated alkanes) is 4. The van der Waals surface area contributed by atoms with Gasteiger partial charge in [-0.05, 0) is 107 Å².